The molecule has 0 N–H and O–H groups in total. The molecule has 0 aliphatic carbocycles. The molecule has 1 aliphatic rings. The molecule has 4 nitrogen and oxygen atoms in total. The first kappa shape index (κ1) is 9.58. The van der Waals surface area contributed by atoms with Gasteiger partial charge in [-0.25, -0.2) is 9.97 Å². The smallest absolute Gasteiger partial charge is 0.224 e. The standard InChI is InChI=1S/C9H10BrN3O/c10-7-3-9(14)13(4-7)5-8-1-2-11-6-12-8/h1-2,6-7H,3-5H2. The summed E-state index contributed by atoms with van der Waals surface area (Å²) in [5, 5.41) is 0. The van der Waals surface area contributed by atoms with Gasteiger partial charge in [0.15, 0.2) is 0 Å². The van der Waals surface area contributed by atoms with E-state index in [2.05, 4.69) is 25.9 Å². The van der Waals surface area contributed by atoms with Gasteiger partial charge >= 0.3 is 0 Å². The Labute approximate surface area is 90.5 Å². The topological polar surface area (TPSA) is 46.1 Å². The normalized spacial score (nSPS) is 21.6. The number of hydrogen-bond acceptors (Lipinski definition) is 3. The van der Waals surface area contributed by atoms with Crippen molar-refractivity contribution in [2.24, 2.45) is 0 Å². The predicted molar refractivity (Wildman–Crippen MR) is 54.8 cm³/mol. The van der Waals surface area contributed by atoms with Crippen LogP contribution in [-0.2, 0) is 11.3 Å². The average Bonchev–Trinajstić information content (AvgIpc) is 2.47. The van der Waals surface area contributed by atoms with E-state index in [1.807, 2.05) is 11.0 Å². The lowest BCUT2D eigenvalue weighted by Crippen LogP contribution is -2.25. The first-order valence-electron chi connectivity index (χ1n) is 4.42. The molecule has 2 rings (SSSR count). The van der Waals surface area contributed by atoms with Gasteiger partial charge in [-0.1, -0.05) is 15.9 Å². The fourth-order valence-electron chi connectivity index (χ4n) is 1.48. The fourth-order valence-corrected chi connectivity index (χ4v) is 2.11. The van der Waals surface area contributed by atoms with E-state index in [4.69, 9.17) is 0 Å². The van der Waals surface area contributed by atoms with Crippen LogP contribution in [0.5, 0.6) is 0 Å². The third kappa shape index (κ3) is 2.09. The van der Waals surface area contributed by atoms with Crippen LogP contribution in [0, 0.1) is 0 Å². The minimum atomic E-state index is 0.186. The second-order valence-electron chi connectivity index (χ2n) is 3.28. The highest BCUT2D eigenvalue weighted by atomic mass is 79.9. The van der Waals surface area contributed by atoms with Crippen molar-refractivity contribution in [1.82, 2.24) is 14.9 Å². The summed E-state index contributed by atoms with van der Waals surface area (Å²) >= 11 is 3.44. The van der Waals surface area contributed by atoms with Crippen molar-refractivity contribution < 1.29 is 4.79 Å². The lowest BCUT2D eigenvalue weighted by atomic mass is 10.4. The Bertz CT molecular complexity index is 330. The maximum Gasteiger partial charge on any atom is 0.224 e. The van der Waals surface area contributed by atoms with Crippen molar-refractivity contribution in [1.29, 1.82) is 0 Å². The number of halogens is 1. The monoisotopic (exact) mass is 255 g/mol. The van der Waals surface area contributed by atoms with E-state index in [9.17, 15) is 4.79 Å². The summed E-state index contributed by atoms with van der Waals surface area (Å²) in [7, 11) is 0. The average molecular weight is 256 g/mol. The van der Waals surface area contributed by atoms with E-state index in [-0.39, 0.29) is 10.7 Å². The zero-order valence-corrected chi connectivity index (χ0v) is 9.14. The van der Waals surface area contributed by atoms with Gasteiger partial charge < -0.3 is 4.90 Å². The number of aromatic nitrogens is 2. The highest BCUT2D eigenvalue weighted by Gasteiger charge is 2.27. The molecule has 14 heavy (non-hydrogen) atoms. The number of carbonyl (C=O) groups excluding carboxylic acids is 1. The number of alkyl halides is 1. The lowest BCUT2D eigenvalue weighted by Gasteiger charge is -2.14. The van der Waals surface area contributed by atoms with Crippen LogP contribution in [0.2, 0.25) is 0 Å². The van der Waals surface area contributed by atoms with Gasteiger partial charge in [0.25, 0.3) is 0 Å². The summed E-state index contributed by atoms with van der Waals surface area (Å²) in [5.74, 6) is 0.186. The molecule has 1 atom stereocenters. The van der Waals surface area contributed by atoms with E-state index >= 15 is 0 Å². The second kappa shape index (κ2) is 4.04. The van der Waals surface area contributed by atoms with Crippen LogP contribution in [0.4, 0.5) is 0 Å². The van der Waals surface area contributed by atoms with Crippen LogP contribution < -0.4 is 0 Å². The van der Waals surface area contributed by atoms with E-state index in [1.54, 1.807) is 6.20 Å². The summed E-state index contributed by atoms with van der Waals surface area (Å²) in [6, 6.07) is 1.83. The van der Waals surface area contributed by atoms with Crippen LogP contribution in [-0.4, -0.2) is 32.1 Å². The SMILES string of the molecule is O=C1CC(Br)CN1Cc1ccncn1. The Morgan fingerprint density at radius 2 is 2.50 bits per heavy atom. The molecule has 1 aliphatic heterocycles. The van der Waals surface area contributed by atoms with Crippen molar-refractivity contribution in [3.8, 4) is 0 Å². The molecule has 1 aromatic rings. The number of hydrogen-bond donors (Lipinski definition) is 0. The Morgan fingerprint density at radius 1 is 1.64 bits per heavy atom. The van der Waals surface area contributed by atoms with Crippen LogP contribution in [0.25, 0.3) is 0 Å². The molecule has 0 saturated carbocycles. The molecule has 0 radical (unpaired) electrons. The molecule has 2 heterocycles. The maximum atomic E-state index is 11.4. The van der Waals surface area contributed by atoms with Crippen LogP contribution in [0.15, 0.2) is 18.6 Å². The molecule has 5 heteroatoms. The lowest BCUT2D eigenvalue weighted by molar-refractivity contribution is -0.128. The summed E-state index contributed by atoms with van der Waals surface area (Å²) < 4.78 is 0. The molecular formula is C9H10BrN3O. The van der Waals surface area contributed by atoms with Crippen LogP contribution in [0.1, 0.15) is 12.1 Å². The fraction of sp³-hybridized carbons (Fsp3) is 0.444. The molecule has 1 amide bonds. The molecule has 1 aromatic heterocycles. The summed E-state index contributed by atoms with van der Waals surface area (Å²) in [4.78, 5) is 21.4. The Kier molecular flexibility index (Phi) is 2.77. The van der Waals surface area contributed by atoms with Gasteiger partial charge in [0.2, 0.25) is 5.91 Å². The third-order valence-corrected chi connectivity index (χ3v) is 2.78. The van der Waals surface area contributed by atoms with Crippen LogP contribution >= 0.6 is 15.9 Å². The number of carbonyl (C=O) groups is 1. The molecule has 1 saturated heterocycles. The van der Waals surface area contributed by atoms with Crippen molar-refractivity contribution in [3.05, 3.63) is 24.3 Å². The van der Waals surface area contributed by atoms with Crippen molar-refractivity contribution in [3.63, 3.8) is 0 Å². The summed E-state index contributed by atoms with van der Waals surface area (Å²) in [6.45, 7) is 1.35. The molecule has 74 valence electrons. The predicted octanol–water partition coefficient (Wildman–Crippen LogP) is 0.972. The first-order chi connectivity index (χ1) is 6.75. The summed E-state index contributed by atoms with van der Waals surface area (Å²) in [6.07, 6.45) is 3.78. The number of nitrogens with zero attached hydrogens (tertiary/aromatic N) is 3. The van der Waals surface area contributed by atoms with Gasteiger partial charge in [-0.05, 0) is 6.07 Å². The largest absolute Gasteiger partial charge is 0.336 e. The molecule has 1 unspecified atom stereocenters. The number of rotatable bonds is 2. The Hall–Kier alpha value is -0.970. The molecule has 0 spiro atoms. The van der Waals surface area contributed by atoms with Crippen molar-refractivity contribution in [2.45, 2.75) is 17.8 Å². The van der Waals surface area contributed by atoms with Gasteiger partial charge in [-0.3, -0.25) is 4.79 Å². The zero-order chi connectivity index (χ0) is 9.97. The van der Waals surface area contributed by atoms with Gasteiger partial charge in [-0.15, -0.1) is 0 Å². The van der Waals surface area contributed by atoms with Gasteiger partial charge in [0.1, 0.15) is 6.33 Å². The number of amides is 1. The Balaban J connectivity index is 2.02. The van der Waals surface area contributed by atoms with E-state index in [0.29, 0.717) is 13.0 Å². The summed E-state index contributed by atoms with van der Waals surface area (Å²) in [5.41, 5.74) is 0.884. The van der Waals surface area contributed by atoms with Crippen molar-refractivity contribution >= 4 is 21.8 Å². The second-order valence-corrected chi connectivity index (χ2v) is 4.57. The van der Waals surface area contributed by atoms with Gasteiger partial charge in [-0.2, -0.15) is 0 Å². The zero-order valence-electron chi connectivity index (χ0n) is 7.56. The quantitative estimate of drug-likeness (QED) is 0.741. The molecule has 0 bridgehead atoms. The van der Waals surface area contributed by atoms with E-state index < -0.39 is 0 Å². The van der Waals surface area contributed by atoms with Gasteiger partial charge in [0.05, 0.1) is 12.2 Å². The van der Waals surface area contributed by atoms with E-state index in [1.165, 1.54) is 6.33 Å². The van der Waals surface area contributed by atoms with E-state index in [0.717, 1.165) is 12.2 Å². The highest BCUT2D eigenvalue weighted by Crippen LogP contribution is 2.19. The minimum absolute atomic E-state index is 0.186. The van der Waals surface area contributed by atoms with Crippen LogP contribution in [0.3, 0.4) is 0 Å². The van der Waals surface area contributed by atoms with Crippen molar-refractivity contribution in [2.75, 3.05) is 6.54 Å². The maximum absolute atomic E-state index is 11.4. The third-order valence-electron chi connectivity index (χ3n) is 2.16. The highest BCUT2D eigenvalue weighted by molar-refractivity contribution is 9.09. The Morgan fingerprint density at radius 3 is 3.07 bits per heavy atom. The molecular weight excluding hydrogens is 246 g/mol. The first-order valence-corrected chi connectivity index (χ1v) is 5.34. The molecule has 0 aromatic carbocycles. The van der Waals surface area contributed by atoms with Gasteiger partial charge in [0, 0.05) is 24.0 Å². The number of likely N-dealkylation sites (tertiary alicyclic amines) is 1. The minimum Gasteiger partial charge on any atom is -0.336 e. The molecule has 1 fully saturated rings.